The summed E-state index contributed by atoms with van der Waals surface area (Å²) in [6, 6.07) is 3.95. The summed E-state index contributed by atoms with van der Waals surface area (Å²) < 4.78 is 39.0. The molecule has 1 N–H and O–H groups in total. The van der Waals surface area contributed by atoms with E-state index >= 15 is 0 Å². The zero-order valence-corrected chi connectivity index (χ0v) is 10.8. The maximum Gasteiger partial charge on any atom is 0.418 e. The van der Waals surface area contributed by atoms with Crippen LogP contribution in [0, 0.1) is 0 Å². The van der Waals surface area contributed by atoms with Crippen molar-refractivity contribution in [1.29, 1.82) is 0 Å². The summed E-state index contributed by atoms with van der Waals surface area (Å²) in [5.74, 6) is 0. The molecule has 0 saturated heterocycles. The highest BCUT2D eigenvalue weighted by Crippen LogP contribution is 2.37. The second-order valence-electron chi connectivity index (χ2n) is 4.39. The fourth-order valence-electron chi connectivity index (χ4n) is 1.97. The molecule has 0 aliphatic heterocycles. The van der Waals surface area contributed by atoms with Crippen molar-refractivity contribution in [1.82, 2.24) is 0 Å². The highest BCUT2D eigenvalue weighted by molar-refractivity contribution is 5.57. The molecule has 0 aromatic heterocycles. The Bertz CT molecular complexity index is 402. The van der Waals surface area contributed by atoms with E-state index in [1.165, 1.54) is 12.1 Å². The van der Waals surface area contributed by atoms with E-state index in [-0.39, 0.29) is 17.3 Å². The molecule has 18 heavy (non-hydrogen) atoms. The van der Waals surface area contributed by atoms with Gasteiger partial charge < -0.3 is 10.0 Å². The van der Waals surface area contributed by atoms with Gasteiger partial charge in [0.15, 0.2) is 0 Å². The van der Waals surface area contributed by atoms with Crippen molar-refractivity contribution < 1.29 is 18.3 Å². The van der Waals surface area contributed by atoms with E-state index in [4.69, 9.17) is 5.11 Å². The largest absolute Gasteiger partial charge is 0.418 e. The minimum Gasteiger partial charge on any atom is -0.392 e. The number of hydrogen-bond donors (Lipinski definition) is 1. The average Bonchev–Trinajstić information content (AvgIpc) is 2.28. The third kappa shape index (κ3) is 3.16. The van der Waals surface area contributed by atoms with E-state index in [9.17, 15) is 13.2 Å². The number of benzene rings is 1. The summed E-state index contributed by atoms with van der Waals surface area (Å²) >= 11 is 0. The summed E-state index contributed by atoms with van der Waals surface area (Å²) in [7, 11) is 0. The maximum atomic E-state index is 13.0. The van der Waals surface area contributed by atoms with Crippen LogP contribution >= 0.6 is 0 Å². The lowest BCUT2D eigenvalue weighted by atomic mass is 10.1. The summed E-state index contributed by atoms with van der Waals surface area (Å²) in [6.07, 6.45) is -4.41. The first-order chi connectivity index (χ1) is 8.31. The lowest BCUT2D eigenvalue weighted by molar-refractivity contribution is -0.137. The Morgan fingerprint density at radius 2 is 1.89 bits per heavy atom. The van der Waals surface area contributed by atoms with Gasteiger partial charge in [-0.25, -0.2) is 0 Å². The summed E-state index contributed by atoms with van der Waals surface area (Å²) in [5, 5.41) is 8.94. The van der Waals surface area contributed by atoms with Crippen LogP contribution in [0.5, 0.6) is 0 Å². The minimum atomic E-state index is -4.41. The van der Waals surface area contributed by atoms with Crippen molar-refractivity contribution >= 4 is 5.69 Å². The monoisotopic (exact) mass is 261 g/mol. The SMILES string of the molecule is CCN(c1ccc(CO)cc1C(F)(F)F)C(C)C. The molecule has 0 fully saturated rings. The Labute approximate surface area is 105 Å². The van der Waals surface area contributed by atoms with Crippen LogP contribution in [0.4, 0.5) is 18.9 Å². The van der Waals surface area contributed by atoms with E-state index < -0.39 is 18.3 Å². The van der Waals surface area contributed by atoms with Gasteiger partial charge in [0.25, 0.3) is 0 Å². The molecule has 1 aromatic carbocycles. The second-order valence-corrected chi connectivity index (χ2v) is 4.39. The Morgan fingerprint density at radius 3 is 2.28 bits per heavy atom. The molecule has 0 aliphatic rings. The van der Waals surface area contributed by atoms with Gasteiger partial charge in [-0.15, -0.1) is 0 Å². The van der Waals surface area contributed by atoms with Crippen molar-refractivity contribution in [3.05, 3.63) is 29.3 Å². The van der Waals surface area contributed by atoms with Crippen molar-refractivity contribution in [2.45, 2.75) is 39.6 Å². The van der Waals surface area contributed by atoms with Crippen LogP contribution in [0.15, 0.2) is 18.2 Å². The van der Waals surface area contributed by atoms with Gasteiger partial charge in [0.1, 0.15) is 0 Å². The smallest absolute Gasteiger partial charge is 0.392 e. The average molecular weight is 261 g/mol. The van der Waals surface area contributed by atoms with Gasteiger partial charge in [-0.3, -0.25) is 0 Å². The van der Waals surface area contributed by atoms with Gasteiger partial charge >= 0.3 is 6.18 Å². The van der Waals surface area contributed by atoms with Gasteiger partial charge in [-0.1, -0.05) is 6.07 Å². The molecule has 102 valence electrons. The lowest BCUT2D eigenvalue weighted by Gasteiger charge is -2.30. The standard InChI is InChI=1S/C13H18F3NO/c1-4-17(9(2)3)12-6-5-10(8-18)7-11(12)13(14,15)16/h5-7,9,18H,4,8H2,1-3H3. The fourth-order valence-corrected chi connectivity index (χ4v) is 1.97. The van der Waals surface area contributed by atoms with Crippen LogP contribution in [0.3, 0.4) is 0 Å². The summed E-state index contributed by atoms with van der Waals surface area (Å²) in [4.78, 5) is 1.68. The number of halogens is 3. The number of nitrogens with zero attached hydrogens (tertiary/aromatic N) is 1. The highest BCUT2D eigenvalue weighted by Gasteiger charge is 2.35. The number of anilines is 1. The first-order valence-corrected chi connectivity index (χ1v) is 5.88. The van der Waals surface area contributed by atoms with Crippen LogP contribution in [0.2, 0.25) is 0 Å². The van der Waals surface area contributed by atoms with Crippen LogP contribution in [-0.4, -0.2) is 17.7 Å². The molecule has 0 unspecified atom stereocenters. The van der Waals surface area contributed by atoms with Crippen molar-refractivity contribution in [2.24, 2.45) is 0 Å². The topological polar surface area (TPSA) is 23.5 Å². The van der Waals surface area contributed by atoms with Crippen LogP contribution in [0.25, 0.3) is 0 Å². The Kier molecular flexibility index (Phi) is 4.62. The van der Waals surface area contributed by atoms with Gasteiger partial charge in [-0.05, 0) is 38.5 Å². The van der Waals surface area contributed by atoms with E-state index in [1.807, 2.05) is 20.8 Å². The molecular formula is C13H18F3NO. The molecule has 0 atom stereocenters. The first kappa shape index (κ1) is 14.8. The predicted octanol–water partition coefficient (Wildman–Crippen LogP) is 3.43. The number of aliphatic hydroxyl groups is 1. The molecule has 0 radical (unpaired) electrons. The van der Waals surface area contributed by atoms with Crippen molar-refractivity contribution in [2.75, 3.05) is 11.4 Å². The molecule has 5 heteroatoms. The highest BCUT2D eigenvalue weighted by atomic mass is 19.4. The van der Waals surface area contributed by atoms with Gasteiger partial charge in [0, 0.05) is 18.3 Å². The quantitative estimate of drug-likeness (QED) is 0.897. The van der Waals surface area contributed by atoms with Gasteiger partial charge in [0.2, 0.25) is 0 Å². The number of rotatable bonds is 4. The number of alkyl halides is 3. The molecule has 0 heterocycles. The zero-order valence-electron chi connectivity index (χ0n) is 10.8. The molecule has 2 nitrogen and oxygen atoms in total. The minimum absolute atomic E-state index is 0.0175. The Balaban J connectivity index is 3.34. The van der Waals surface area contributed by atoms with Crippen molar-refractivity contribution in [3.8, 4) is 0 Å². The van der Waals surface area contributed by atoms with Gasteiger partial charge in [0.05, 0.1) is 12.2 Å². The molecule has 0 saturated carbocycles. The molecule has 1 aromatic rings. The fraction of sp³-hybridized carbons (Fsp3) is 0.538. The predicted molar refractivity (Wildman–Crippen MR) is 65.5 cm³/mol. The molecule has 0 aliphatic carbocycles. The zero-order chi connectivity index (χ0) is 13.9. The molecule has 1 rings (SSSR count). The van der Waals surface area contributed by atoms with E-state index in [2.05, 4.69) is 0 Å². The Morgan fingerprint density at radius 1 is 1.28 bits per heavy atom. The molecule has 0 bridgehead atoms. The van der Waals surface area contributed by atoms with Crippen LogP contribution < -0.4 is 4.90 Å². The van der Waals surface area contributed by atoms with Crippen molar-refractivity contribution in [3.63, 3.8) is 0 Å². The number of aliphatic hydroxyl groups excluding tert-OH is 1. The normalized spacial score (nSPS) is 12.0. The van der Waals surface area contributed by atoms with E-state index in [0.717, 1.165) is 6.07 Å². The molecule has 0 amide bonds. The third-order valence-electron chi connectivity index (χ3n) is 2.82. The van der Waals surface area contributed by atoms with Crippen LogP contribution in [0.1, 0.15) is 31.9 Å². The third-order valence-corrected chi connectivity index (χ3v) is 2.82. The molecule has 0 spiro atoms. The van der Waals surface area contributed by atoms with Crippen LogP contribution in [-0.2, 0) is 12.8 Å². The van der Waals surface area contributed by atoms with E-state index in [0.29, 0.717) is 6.54 Å². The summed E-state index contributed by atoms with van der Waals surface area (Å²) in [5.41, 5.74) is -0.257. The van der Waals surface area contributed by atoms with Gasteiger partial charge in [-0.2, -0.15) is 13.2 Å². The number of hydrogen-bond acceptors (Lipinski definition) is 2. The second kappa shape index (κ2) is 5.61. The summed E-state index contributed by atoms with van der Waals surface area (Å²) in [6.45, 7) is 5.63. The maximum absolute atomic E-state index is 13.0. The van der Waals surface area contributed by atoms with E-state index in [1.54, 1.807) is 4.90 Å². The molecular weight excluding hydrogens is 243 g/mol. The lowest BCUT2D eigenvalue weighted by Crippen LogP contribution is -2.32. The Hall–Kier alpha value is -1.23. The first-order valence-electron chi connectivity index (χ1n) is 5.88.